The van der Waals surface area contributed by atoms with Gasteiger partial charge in [-0.05, 0) is 57.8 Å². The molecule has 0 aliphatic rings. The summed E-state index contributed by atoms with van der Waals surface area (Å²) in [7, 11) is 0. The lowest BCUT2D eigenvalue weighted by Crippen LogP contribution is -2.30. The maximum absolute atomic E-state index is 12.6. The van der Waals surface area contributed by atoms with Crippen LogP contribution in [0.15, 0.2) is 36.5 Å². The summed E-state index contributed by atoms with van der Waals surface area (Å²) in [5.41, 5.74) is 0. The van der Waals surface area contributed by atoms with E-state index in [1.165, 1.54) is 154 Å². The molecule has 1 unspecified atom stereocenters. The maximum atomic E-state index is 12.6. The van der Waals surface area contributed by atoms with Crippen molar-refractivity contribution < 1.29 is 28.6 Å². The fourth-order valence-electron chi connectivity index (χ4n) is 7.45. The van der Waals surface area contributed by atoms with Crippen LogP contribution in [0.4, 0.5) is 0 Å². The number of ether oxygens (including phenoxy) is 3. The number of rotatable bonds is 47. The smallest absolute Gasteiger partial charge is 0.306 e. The minimum atomic E-state index is -0.763. The Kier molecular flexibility index (Phi) is 47.3. The van der Waals surface area contributed by atoms with E-state index < -0.39 is 6.10 Å². The van der Waals surface area contributed by atoms with Crippen molar-refractivity contribution in [3.63, 3.8) is 0 Å². The van der Waals surface area contributed by atoms with Crippen LogP contribution in [0.3, 0.4) is 0 Å². The molecule has 0 saturated carbocycles. The summed E-state index contributed by atoms with van der Waals surface area (Å²) in [6.45, 7) is 6.54. The average molecular weight is 843 g/mol. The zero-order valence-electron chi connectivity index (χ0n) is 40.0. The van der Waals surface area contributed by atoms with Gasteiger partial charge in [-0.2, -0.15) is 0 Å². The molecule has 0 aromatic heterocycles. The van der Waals surface area contributed by atoms with E-state index >= 15 is 0 Å². The van der Waals surface area contributed by atoms with Gasteiger partial charge in [0.05, 0.1) is 0 Å². The number of carbonyl (C=O) groups excluding carboxylic acids is 3. The van der Waals surface area contributed by atoms with Crippen molar-refractivity contribution in [1.82, 2.24) is 0 Å². The normalized spacial score (nSPS) is 12.2. The minimum Gasteiger partial charge on any atom is -0.462 e. The van der Waals surface area contributed by atoms with Crippen LogP contribution in [-0.2, 0) is 28.6 Å². The molecule has 350 valence electrons. The highest BCUT2D eigenvalue weighted by molar-refractivity contribution is 5.71. The van der Waals surface area contributed by atoms with Crippen LogP contribution in [0, 0.1) is 0 Å². The number of allylic oxidation sites excluding steroid dienone is 6. The Labute approximate surface area is 372 Å². The Morgan fingerprint density at radius 2 is 0.600 bits per heavy atom. The number of carbonyl (C=O) groups is 3. The summed E-state index contributed by atoms with van der Waals surface area (Å²) in [6, 6.07) is 0. The van der Waals surface area contributed by atoms with Gasteiger partial charge in [-0.1, -0.05) is 231 Å². The lowest BCUT2D eigenvalue weighted by Gasteiger charge is -2.18. The third-order valence-electron chi connectivity index (χ3n) is 11.4. The molecule has 0 aromatic rings. The van der Waals surface area contributed by atoms with Gasteiger partial charge >= 0.3 is 17.9 Å². The maximum Gasteiger partial charge on any atom is 0.306 e. The molecule has 0 N–H and O–H groups in total. The molecule has 0 saturated heterocycles. The van der Waals surface area contributed by atoms with E-state index in [2.05, 4.69) is 57.2 Å². The second kappa shape index (κ2) is 49.3. The fraction of sp³-hybridized carbons (Fsp3) is 0.833. The summed E-state index contributed by atoms with van der Waals surface area (Å²) in [5, 5.41) is 0. The zero-order valence-corrected chi connectivity index (χ0v) is 40.0. The highest BCUT2D eigenvalue weighted by Gasteiger charge is 2.19. The second-order valence-corrected chi connectivity index (χ2v) is 17.4. The van der Waals surface area contributed by atoms with Crippen molar-refractivity contribution in [2.24, 2.45) is 0 Å². The molecule has 0 spiro atoms. The van der Waals surface area contributed by atoms with Gasteiger partial charge in [0.2, 0.25) is 0 Å². The van der Waals surface area contributed by atoms with Crippen LogP contribution in [0.2, 0.25) is 0 Å². The van der Waals surface area contributed by atoms with Crippen LogP contribution >= 0.6 is 0 Å². The number of unbranched alkanes of at least 4 members (excludes halogenated alkanes) is 30. The molecule has 6 nitrogen and oxygen atoms in total. The minimum absolute atomic E-state index is 0.0704. The summed E-state index contributed by atoms with van der Waals surface area (Å²) < 4.78 is 16.6. The first-order valence-corrected chi connectivity index (χ1v) is 26.0. The van der Waals surface area contributed by atoms with Gasteiger partial charge in [-0.25, -0.2) is 0 Å². The van der Waals surface area contributed by atoms with Crippen molar-refractivity contribution in [1.29, 1.82) is 0 Å². The predicted octanol–water partition coefficient (Wildman–Crippen LogP) is 16.9. The Bertz CT molecular complexity index is 1020. The van der Waals surface area contributed by atoms with E-state index in [-0.39, 0.29) is 31.1 Å². The Hall–Kier alpha value is -2.37. The topological polar surface area (TPSA) is 78.9 Å². The predicted molar refractivity (Wildman–Crippen MR) is 256 cm³/mol. The van der Waals surface area contributed by atoms with Crippen LogP contribution in [0.1, 0.15) is 271 Å². The molecular formula is C54H98O6. The van der Waals surface area contributed by atoms with E-state index in [9.17, 15) is 14.4 Å². The molecule has 0 bridgehead atoms. The fourth-order valence-corrected chi connectivity index (χ4v) is 7.45. The second-order valence-electron chi connectivity index (χ2n) is 17.4. The Morgan fingerprint density at radius 1 is 0.333 bits per heavy atom. The monoisotopic (exact) mass is 843 g/mol. The number of esters is 3. The van der Waals surface area contributed by atoms with Gasteiger partial charge in [-0.3, -0.25) is 14.4 Å². The highest BCUT2D eigenvalue weighted by Crippen LogP contribution is 2.15. The van der Waals surface area contributed by atoms with E-state index in [0.717, 1.165) is 77.0 Å². The molecule has 0 aliphatic carbocycles. The first-order valence-electron chi connectivity index (χ1n) is 26.0. The van der Waals surface area contributed by atoms with Crippen LogP contribution < -0.4 is 0 Å². The molecule has 1 atom stereocenters. The molecule has 0 amide bonds. The third-order valence-corrected chi connectivity index (χ3v) is 11.4. The standard InChI is InChI=1S/C54H98O6/c1-4-7-10-13-15-17-19-20-21-22-23-24-25-26-27-28-29-30-31-32-33-34-35-37-38-41-44-47-53(56)59-50-51(49-58-52(55)46-43-40-12-9-6-3)60-54(57)48-45-42-39-36-18-16-14-11-8-5-2/h19-20,22-23,25-26,51H,4-18,21,24,27-50H2,1-3H3/b20-19-,23-22-,26-25-. The summed E-state index contributed by atoms with van der Waals surface area (Å²) >= 11 is 0. The molecule has 0 fully saturated rings. The first-order chi connectivity index (χ1) is 29.5. The van der Waals surface area contributed by atoms with Gasteiger partial charge in [0, 0.05) is 19.3 Å². The Morgan fingerprint density at radius 3 is 0.933 bits per heavy atom. The third kappa shape index (κ3) is 46.7. The largest absolute Gasteiger partial charge is 0.462 e. The summed E-state index contributed by atoms with van der Waals surface area (Å²) in [5.74, 6) is -0.881. The van der Waals surface area contributed by atoms with Crippen molar-refractivity contribution in [2.45, 2.75) is 277 Å². The van der Waals surface area contributed by atoms with Crippen molar-refractivity contribution in [3.05, 3.63) is 36.5 Å². The lowest BCUT2D eigenvalue weighted by atomic mass is 10.0. The molecule has 0 aromatic carbocycles. The zero-order chi connectivity index (χ0) is 43.7. The quantitative estimate of drug-likeness (QED) is 0.0263. The van der Waals surface area contributed by atoms with Gasteiger partial charge < -0.3 is 14.2 Å². The first kappa shape index (κ1) is 57.6. The Balaban J connectivity index is 3.98. The highest BCUT2D eigenvalue weighted by atomic mass is 16.6. The van der Waals surface area contributed by atoms with Crippen molar-refractivity contribution in [2.75, 3.05) is 13.2 Å². The van der Waals surface area contributed by atoms with Gasteiger partial charge in [0.25, 0.3) is 0 Å². The lowest BCUT2D eigenvalue weighted by molar-refractivity contribution is -0.167. The molecule has 0 heterocycles. The van der Waals surface area contributed by atoms with Gasteiger partial charge in [-0.15, -0.1) is 0 Å². The van der Waals surface area contributed by atoms with Crippen LogP contribution in [0.25, 0.3) is 0 Å². The van der Waals surface area contributed by atoms with Crippen LogP contribution in [-0.4, -0.2) is 37.2 Å². The number of hydrogen-bond acceptors (Lipinski definition) is 6. The molecule has 0 rings (SSSR count). The van der Waals surface area contributed by atoms with E-state index in [4.69, 9.17) is 14.2 Å². The summed E-state index contributed by atoms with van der Waals surface area (Å²) in [6.07, 6.45) is 57.5. The average Bonchev–Trinajstić information content (AvgIpc) is 3.24. The SMILES string of the molecule is CCCCCCC/C=C\C/C=C\C/C=C\CCCCCCCCCCCCCCC(=O)OCC(COC(=O)CCCCCCC)OC(=O)CCCCCCCCCCCC. The van der Waals surface area contributed by atoms with E-state index in [1.807, 2.05) is 0 Å². The number of hydrogen-bond donors (Lipinski definition) is 0. The molecule has 0 aliphatic heterocycles. The summed E-state index contributed by atoms with van der Waals surface area (Å²) in [4.78, 5) is 37.5. The van der Waals surface area contributed by atoms with E-state index in [1.54, 1.807) is 0 Å². The van der Waals surface area contributed by atoms with Gasteiger partial charge in [0.1, 0.15) is 13.2 Å². The molecule has 0 radical (unpaired) electrons. The molecule has 60 heavy (non-hydrogen) atoms. The van der Waals surface area contributed by atoms with Gasteiger partial charge in [0.15, 0.2) is 6.10 Å². The molecular weight excluding hydrogens is 745 g/mol. The van der Waals surface area contributed by atoms with Crippen molar-refractivity contribution >= 4 is 17.9 Å². The van der Waals surface area contributed by atoms with E-state index in [0.29, 0.717) is 19.3 Å². The van der Waals surface area contributed by atoms with Crippen LogP contribution in [0.5, 0.6) is 0 Å². The van der Waals surface area contributed by atoms with Crippen molar-refractivity contribution in [3.8, 4) is 0 Å². The molecule has 6 heteroatoms.